The maximum absolute atomic E-state index is 12.9. The first-order valence-electron chi connectivity index (χ1n) is 9.93. The van der Waals surface area contributed by atoms with E-state index in [1.807, 2.05) is 6.07 Å². The Bertz CT molecular complexity index is 1270. The summed E-state index contributed by atoms with van der Waals surface area (Å²) in [4.78, 5) is 38.0. The molecule has 1 saturated heterocycles. The quantitative estimate of drug-likeness (QED) is 0.596. The number of hydrogen-bond acceptors (Lipinski definition) is 7. The predicted molar refractivity (Wildman–Crippen MR) is 114 cm³/mol. The van der Waals surface area contributed by atoms with Crippen LogP contribution in [-0.4, -0.2) is 65.3 Å². The van der Waals surface area contributed by atoms with Gasteiger partial charge in [-0.1, -0.05) is 12.1 Å². The normalized spacial score (nSPS) is 14.8. The van der Waals surface area contributed by atoms with Crippen LogP contribution in [0.2, 0.25) is 0 Å². The lowest BCUT2D eigenvalue weighted by Gasteiger charge is -2.34. The molecular formula is C21H23N5O5S. The fourth-order valence-electron chi connectivity index (χ4n) is 3.43. The minimum atomic E-state index is -3.76. The second-order valence-electron chi connectivity index (χ2n) is 7.53. The van der Waals surface area contributed by atoms with Gasteiger partial charge in [0.05, 0.1) is 10.6 Å². The Morgan fingerprint density at radius 1 is 1.09 bits per heavy atom. The van der Waals surface area contributed by atoms with Crippen molar-refractivity contribution in [3.8, 4) is 6.07 Å². The number of amides is 1. The van der Waals surface area contributed by atoms with Gasteiger partial charge in [-0.2, -0.15) is 14.7 Å². The number of carbonyl (C=O) groups is 2. The Kier molecular flexibility index (Phi) is 6.57. The van der Waals surface area contributed by atoms with Gasteiger partial charge in [0.25, 0.3) is 5.56 Å². The Labute approximate surface area is 185 Å². The van der Waals surface area contributed by atoms with Crippen molar-refractivity contribution in [3.63, 3.8) is 0 Å². The average molecular weight is 458 g/mol. The molecule has 0 unspecified atom stereocenters. The molecule has 10 nitrogen and oxygen atoms in total. The monoisotopic (exact) mass is 457 g/mol. The summed E-state index contributed by atoms with van der Waals surface area (Å²) in [6, 6.07) is 7.59. The number of Topliss-reactive ketones (excluding diaryl/α,β-unsaturated/α-hetero) is 1. The Balaban J connectivity index is 1.69. The smallest absolute Gasteiger partial charge is 0.285 e. The summed E-state index contributed by atoms with van der Waals surface area (Å²) in [6.45, 7) is 4.88. The summed E-state index contributed by atoms with van der Waals surface area (Å²) in [5.41, 5.74) is 0.724. The minimum absolute atomic E-state index is 0.0444. The summed E-state index contributed by atoms with van der Waals surface area (Å²) in [5, 5.41) is 13.3. The van der Waals surface area contributed by atoms with Crippen molar-refractivity contribution in [1.29, 1.82) is 5.26 Å². The van der Waals surface area contributed by atoms with Crippen LogP contribution < -0.4 is 5.56 Å². The fourth-order valence-corrected chi connectivity index (χ4v) is 4.85. The molecule has 2 aromatic rings. The first kappa shape index (κ1) is 23.3. The summed E-state index contributed by atoms with van der Waals surface area (Å²) in [6.07, 6.45) is 0. The van der Waals surface area contributed by atoms with Gasteiger partial charge >= 0.3 is 0 Å². The van der Waals surface area contributed by atoms with Crippen LogP contribution in [-0.2, 0) is 21.4 Å². The lowest BCUT2D eigenvalue weighted by molar-refractivity contribution is -0.133. The summed E-state index contributed by atoms with van der Waals surface area (Å²) < 4.78 is 28.0. The van der Waals surface area contributed by atoms with Crippen molar-refractivity contribution in [2.24, 2.45) is 0 Å². The number of carbonyl (C=O) groups excluding carboxylic acids is 2. The van der Waals surface area contributed by atoms with E-state index in [1.165, 1.54) is 40.4 Å². The van der Waals surface area contributed by atoms with Crippen LogP contribution in [0.4, 0.5) is 0 Å². The molecule has 1 aromatic carbocycles. The topological polar surface area (TPSA) is 133 Å². The van der Waals surface area contributed by atoms with Gasteiger partial charge in [0.1, 0.15) is 18.2 Å². The van der Waals surface area contributed by atoms with Crippen molar-refractivity contribution in [2.45, 2.75) is 32.2 Å². The third-order valence-corrected chi connectivity index (χ3v) is 7.44. The van der Waals surface area contributed by atoms with Crippen LogP contribution in [0.25, 0.3) is 0 Å². The highest BCUT2D eigenvalue weighted by Gasteiger charge is 2.30. The van der Waals surface area contributed by atoms with Crippen LogP contribution >= 0.6 is 0 Å². The number of nitriles is 1. The number of aromatic nitrogens is 2. The number of hydrogen-bond donors (Lipinski definition) is 0. The average Bonchev–Trinajstić information content (AvgIpc) is 2.78. The van der Waals surface area contributed by atoms with E-state index in [9.17, 15) is 28.1 Å². The van der Waals surface area contributed by atoms with E-state index in [0.29, 0.717) is 16.8 Å². The summed E-state index contributed by atoms with van der Waals surface area (Å²) >= 11 is 0. The number of aryl methyl sites for hydroxylation is 1. The zero-order valence-electron chi connectivity index (χ0n) is 18.0. The molecule has 0 bridgehead atoms. The van der Waals surface area contributed by atoms with Gasteiger partial charge in [-0.25, -0.2) is 13.1 Å². The molecule has 1 amide bonds. The molecule has 0 atom stereocenters. The molecule has 0 saturated carbocycles. The predicted octanol–water partition coefficient (Wildman–Crippen LogP) is 0.468. The van der Waals surface area contributed by atoms with E-state index in [0.717, 1.165) is 4.68 Å². The zero-order valence-corrected chi connectivity index (χ0v) is 18.8. The third-order valence-electron chi connectivity index (χ3n) is 5.52. The lowest BCUT2D eigenvalue weighted by Crippen LogP contribution is -2.51. The highest BCUT2D eigenvalue weighted by atomic mass is 32.2. The Hall–Kier alpha value is -3.36. The van der Waals surface area contributed by atoms with E-state index in [1.54, 1.807) is 13.8 Å². The van der Waals surface area contributed by atoms with Crippen molar-refractivity contribution in [1.82, 2.24) is 19.0 Å². The first-order chi connectivity index (χ1) is 15.1. The van der Waals surface area contributed by atoms with E-state index >= 15 is 0 Å². The van der Waals surface area contributed by atoms with E-state index in [2.05, 4.69) is 5.10 Å². The molecule has 11 heteroatoms. The highest BCUT2D eigenvalue weighted by Crippen LogP contribution is 2.19. The maximum Gasteiger partial charge on any atom is 0.285 e. The molecular weight excluding hydrogens is 434 g/mol. The standard InChI is InChI=1S/C21H23N5O5S/c1-14-15(2)23-26(21(29)19(14)12-22)13-20(28)24-8-10-25(11-9-24)32(30,31)18-6-4-17(5-7-18)16(3)27/h4-7H,8-11,13H2,1-3H3. The molecule has 0 spiro atoms. The molecule has 3 rings (SSSR count). The Morgan fingerprint density at radius 3 is 2.22 bits per heavy atom. The molecule has 0 aliphatic carbocycles. The number of nitrogens with zero attached hydrogens (tertiary/aromatic N) is 5. The molecule has 1 fully saturated rings. The lowest BCUT2D eigenvalue weighted by atomic mass is 10.1. The zero-order chi connectivity index (χ0) is 23.6. The highest BCUT2D eigenvalue weighted by molar-refractivity contribution is 7.89. The maximum atomic E-state index is 12.9. The van der Waals surface area contributed by atoms with Crippen molar-refractivity contribution in [2.75, 3.05) is 26.2 Å². The second kappa shape index (κ2) is 9.02. The molecule has 0 radical (unpaired) electrons. The summed E-state index contributed by atoms with van der Waals surface area (Å²) in [7, 11) is -3.76. The molecule has 32 heavy (non-hydrogen) atoms. The minimum Gasteiger partial charge on any atom is -0.338 e. The third kappa shape index (κ3) is 4.46. The van der Waals surface area contributed by atoms with Gasteiger partial charge in [0.15, 0.2) is 5.78 Å². The van der Waals surface area contributed by atoms with Gasteiger partial charge in [-0.05, 0) is 38.5 Å². The largest absolute Gasteiger partial charge is 0.338 e. The summed E-state index contributed by atoms with van der Waals surface area (Å²) in [5.74, 6) is -0.532. The number of ketones is 1. The van der Waals surface area contributed by atoms with Crippen LogP contribution in [0.1, 0.15) is 34.1 Å². The number of benzene rings is 1. The molecule has 1 aliphatic rings. The molecule has 1 aromatic heterocycles. The molecule has 1 aliphatic heterocycles. The van der Waals surface area contributed by atoms with Crippen molar-refractivity contribution in [3.05, 3.63) is 57.0 Å². The molecule has 0 N–H and O–H groups in total. The van der Waals surface area contributed by atoms with Gasteiger partial charge in [-0.3, -0.25) is 14.4 Å². The van der Waals surface area contributed by atoms with Crippen LogP contribution in [0.3, 0.4) is 0 Å². The van der Waals surface area contributed by atoms with Crippen molar-refractivity contribution >= 4 is 21.7 Å². The van der Waals surface area contributed by atoms with Crippen LogP contribution in [0.5, 0.6) is 0 Å². The van der Waals surface area contributed by atoms with Gasteiger partial charge in [0.2, 0.25) is 15.9 Å². The molecule has 2 heterocycles. The van der Waals surface area contributed by atoms with Crippen LogP contribution in [0.15, 0.2) is 34.0 Å². The van der Waals surface area contributed by atoms with Gasteiger partial charge in [0, 0.05) is 31.7 Å². The van der Waals surface area contributed by atoms with Crippen LogP contribution in [0, 0.1) is 25.2 Å². The van der Waals surface area contributed by atoms with Crippen molar-refractivity contribution < 1.29 is 18.0 Å². The molecule has 168 valence electrons. The van der Waals surface area contributed by atoms with E-state index in [-0.39, 0.29) is 54.9 Å². The fraction of sp³-hybridized carbons (Fsp3) is 0.381. The SMILES string of the molecule is CC(=O)c1ccc(S(=O)(=O)N2CCN(C(=O)Cn3nc(C)c(C)c(C#N)c3=O)CC2)cc1. The Morgan fingerprint density at radius 2 is 1.69 bits per heavy atom. The first-order valence-corrected chi connectivity index (χ1v) is 11.4. The number of rotatable bonds is 5. The number of sulfonamides is 1. The van der Waals surface area contributed by atoms with E-state index < -0.39 is 15.6 Å². The van der Waals surface area contributed by atoms with Gasteiger partial charge in [-0.15, -0.1) is 0 Å². The van der Waals surface area contributed by atoms with E-state index in [4.69, 9.17) is 0 Å². The van der Waals surface area contributed by atoms with Gasteiger partial charge < -0.3 is 4.90 Å². The number of piperazine rings is 1. The second-order valence-corrected chi connectivity index (χ2v) is 9.46.